The van der Waals surface area contributed by atoms with Crippen LogP contribution in [0.4, 0.5) is 4.39 Å². The SMILES string of the molecule is CC(CCS)CCOc1ccc(C#N)c(F)c1. The van der Waals surface area contributed by atoms with Crippen molar-refractivity contribution >= 4 is 12.6 Å². The monoisotopic (exact) mass is 253 g/mol. The number of hydrogen-bond acceptors (Lipinski definition) is 3. The van der Waals surface area contributed by atoms with Gasteiger partial charge in [-0.2, -0.15) is 17.9 Å². The summed E-state index contributed by atoms with van der Waals surface area (Å²) >= 11 is 4.17. The third-order valence-corrected chi connectivity index (χ3v) is 2.82. The van der Waals surface area contributed by atoms with Crippen LogP contribution in [0.1, 0.15) is 25.3 Å². The van der Waals surface area contributed by atoms with Crippen molar-refractivity contribution in [2.24, 2.45) is 5.92 Å². The van der Waals surface area contributed by atoms with Crippen molar-refractivity contribution in [1.29, 1.82) is 5.26 Å². The Morgan fingerprint density at radius 3 is 2.82 bits per heavy atom. The summed E-state index contributed by atoms with van der Waals surface area (Å²) in [6, 6.07) is 6.07. The molecule has 0 amide bonds. The maximum Gasteiger partial charge on any atom is 0.144 e. The van der Waals surface area contributed by atoms with Crippen LogP contribution in [0.25, 0.3) is 0 Å². The summed E-state index contributed by atoms with van der Waals surface area (Å²) in [5.74, 6) is 1.36. The molecular formula is C13H16FNOS. The first kappa shape index (κ1) is 13.9. The highest BCUT2D eigenvalue weighted by Crippen LogP contribution is 2.17. The molecule has 1 unspecified atom stereocenters. The Morgan fingerprint density at radius 1 is 1.47 bits per heavy atom. The smallest absolute Gasteiger partial charge is 0.144 e. The van der Waals surface area contributed by atoms with E-state index in [9.17, 15) is 4.39 Å². The van der Waals surface area contributed by atoms with Gasteiger partial charge in [-0.3, -0.25) is 0 Å². The topological polar surface area (TPSA) is 33.0 Å². The van der Waals surface area contributed by atoms with E-state index in [1.54, 1.807) is 12.1 Å². The Bertz CT molecular complexity index is 403. The molecule has 0 radical (unpaired) electrons. The summed E-state index contributed by atoms with van der Waals surface area (Å²) < 4.78 is 18.7. The zero-order valence-corrected chi connectivity index (χ0v) is 10.7. The average Bonchev–Trinajstić information content (AvgIpc) is 2.29. The van der Waals surface area contributed by atoms with Crippen molar-refractivity contribution in [1.82, 2.24) is 0 Å². The largest absolute Gasteiger partial charge is 0.493 e. The van der Waals surface area contributed by atoms with Gasteiger partial charge in [0.1, 0.15) is 17.6 Å². The first-order chi connectivity index (χ1) is 8.17. The fourth-order valence-electron chi connectivity index (χ4n) is 1.42. The second-order valence-corrected chi connectivity index (χ2v) is 4.46. The van der Waals surface area contributed by atoms with Crippen molar-refractivity contribution < 1.29 is 9.13 Å². The van der Waals surface area contributed by atoms with Gasteiger partial charge in [-0.25, -0.2) is 4.39 Å². The average molecular weight is 253 g/mol. The highest BCUT2D eigenvalue weighted by Gasteiger charge is 2.05. The molecule has 1 atom stereocenters. The second kappa shape index (κ2) is 7.18. The molecule has 0 heterocycles. The molecule has 0 aliphatic rings. The van der Waals surface area contributed by atoms with Crippen LogP contribution >= 0.6 is 12.6 Å². The van der Waals surface area contributed by atoms with Crippen molar-refractivity contribution in [2.75, 3.05) is 12.4 Å². The van der Waals surface area contributed by atoms with E-state index in [-0.39, 0.29) is 5.56 Å². The van der Waals surface area contributed by atoms with Crippen LogP contribution in [0, 0.1) is 23.1 Å². The van der Waals surface area contributed by atoms with Gasteiger partial charge in [0, 0.05) is 6.07 Å². The molecule has 17 heavy (non-hydrogen) atoms. The van der Waals surface area contributed by atoms with Gasteiger partial charge in [0.25, 0.3) is 0 Å². The summed E-state index contributed by atoms with van der Waals surface area (Å²) in [5, 5.41) is 8.58. The van der Waals surface area contributed by atoms with Gasteiger partial charge in [0.2, 0.25) is 0 Å². The van der Waals surface area contributed by atoms with Gasteiger partial charge < -0.3 is 4.74 Å². The van der Waals surface area contributed by atoms with E-state index in [0.29, 0.717) is 18.3 Å². The third-order valence-electron chi connectivity index (χ3n) is 2.56. The molecule has 1 rings (SSSR count). The molecule has 0 N–H and O–H groups in total. The number of ether oxygens (including phenoxy) is 1. The van der Waals surface area contributed by atoms with E-state index in [4.69, 9.17) is 10.00 Å². The van der Waals surface area contributed by atoms with Gasteiger partial charge in [0.15, 0.2) is 0 Å². The normalized spacial score (nSPS) is 11.9. The lowest BCUT2D eigenvalue weighted by Crippen LogP contribution is -2.05. The second-order valence-electron chi connectivity index (χ2n) is 4.01. The first-order valence-corrected chi connectivity index (χ1v) is 6.24. The molecule has 0 aliphatic carbocycles. The third kappa shape index (κ3) is 4.66. The molecule has 1 aromatic carbocycles. The van der Waals surface area contributed by atoms with E-state index in [2.05, 4.69) is 19.6 Å². The number of nitrogens with zero attached hydrogens (tertiary/aromatic N) is 1. The van der Waals surface area contributed by atoms with Crippen molar-refractivity contribution in [3.05, 3.63) is 29.6 Å². The minimum Gasteiger partial charge on any atom is -0.493 e. The molecule has 0 fully saturated rings. The van der Waals surface area contributed by atoms with E-state index < -0.39 is 5.82 Å². The number of nitriles is 1. The molecule has 1 aromatic rings. The summed E-state index contributed by atoms with van der Waals surface area (Å²) in [6.07, 6.45) is 1.97. The molecule has 92 valence electrons. The summed E-state index contributed by atoms with van der Waals surface area (Å²) in [6.45, 7) is 2.69. The van der Waals surface area contributed by atoms with Gasteiger partial charge in [-0.15, -0.1) is 0 Å². The summed E-state index contributed by atoms with van der Waals surface area (Å²) in [7, 11) is 0. The molecule has 0 spiro atoms. The summed E-state index contributed by atoms with van der Waals surface area (Å²) in [5.41, 5.74) is 0.0424. The fraction of sp³-hybridized carbons (Fsp3) is 0.462. The Hall–Kier alpha value is -1.21. The number of benzene rings is 1. The first-order valence-electron chi connectivity index (χ1n) is 5.60. The number of rotatable bonds is 6. The highest BCUT2D eigenvalue weighted by atomic mass is 32.1. The van der Waals surface area contributed by atoms with Gasteiger partial charge in [-0.1, -0.05) is 6.92 Å². The lowest BCUT2D eigenvalue weighted by Gasteiger charge is -2.11. The predicted molar refractivity (Wildman–Crippen MR) is 68.9 cm³/mol. The molecule has 0 saturated heterocycles. The van der Waals surface area contributed by atoms with Crippen molar-refractivity contribution in [3.8, 4) is 11.8 Å². The zero-order chi connectivity index (χ0) is 12.7. The van der Waals surface area contributed by atoms with E-state index in [0.717, 1.165) is 18.6 Å². The Labute approximate surface area is 107 Å². The van der Waals surface area contributed by atoms with Crippen molar-refractivity contribution in [3.63, 3.8) is 0 Å². The highest BCUT2D eigenvalue weighted by molar-refractivity contribution is 7.80. The number of halogens is 1. The maximum atomic E-state index is 13.2. The Kier molecular flexibility index (Phi) is 5.85. The van der Waals surface area contributed by atoms with Crippen molar-refractivity contribution in [2.45, 2.75) is 19.8 Å². The molecular weight excluding hydrogens is 237 g/mol. The van der Waals surface area contributed by atoms with Crippen LogP contribution in [0.15, 0.2) is 18.2 Å². The Balaban J connectivity index is 2.43. The minimum atomic E-state index is -0.534. The lowest BCUT2D eigenvalue weighted by atomic mass is 10.1. The fourth-order valence-corrected chi connectivity index (χ4v) is 1.86. The number of hydrogen-bond donors (Lipinski definition) is 1. The molecule has 4 heteroatoms. The predicted octanol–water partition coefficient (Wildman–Crippen LogP) is 3.42. The van der Waals surface area contributed by atoms with Crippen LogP contribution in [0.2, 0.25) is 0 Å². The van der Waals surface area contributed by atoms with Crippen LogP contribution in [-0.2, 0) is 0 Å². The quantitative estimate of drug-likeness (QED) is 0.788. The van der Waals surface area contributed by atoms with E-state index >= 15 is 0 Å². The molecule has 2 nitrogen and oxygen atoms in total. The minimum absolute atomic E-state index is 0.0424. The molecule has 0 bridgehead atoms. The van der Waals surface area contributed by atoms with Crippen LogP contribution in [-0.4, -0.2) is 12.4 Å². The molecule has 0 aromatic heterocycles. The Morgan fingerprint density at radius 2 is 2.24 bits per heavy atom. The zero-order valence-electron chi connectivity index (χ0n) is 9.82. The van der Waals surface area contributed by atoms with Gasteiger partial charge >= 0.3 is 0 Å². The van der Waals surface area contributed by atoms with E-state index in [1.807, 2.05) is 0 Å². The standard InChI is InChI=1S/C13H16FNOS/c1-10(5-7-17)4-6-16-12-3-2-11(9-15)13(14)8-12/h2-3,8,10,17H,4-7H2,1H3. The molecule has 0 saturated carbocycles. The van der Waals surface area contributed by atoms with Crippen LogP contribution in [0.3, 0.4) is 0 Å². The van der Waals surface area contributed by atoms with E-state index in [1.165, 1.54) is 12.1 Å². The van der Waals surface area contributed by atoms with Crippen LogP contribution in [0.5, 0.6) is 5.75 Å². The molecule has 0 aliphatic heterocycles. The van der Waals surface area contributed by atoms with Gasteiger partial charge in [0.05, 0.1) is 12.2 Å². The van der Waals surface area contributed by atoms with Crippen LogP contribution < -0.4 is 4.74 Å². The summed E-state index contributed by atoms with van der Waals surface area (Å²) in [4.78, 5) is 0. The number of thiol groups is 1. The lowest BCUT2D eigenvalue weighted by molar-refractivity contribution is 0.281. The van der Waals surface area contributed by atoms with Gasteiger partial charge in [-0.05, 0) is 36.6 Å². The maximum absolute atomic E-state index is 13.2.